The normalized spacial score (nSPS) is 34.2. The van der Waals surface area contributed by atoms with E-state index in [1.807, 2.05) is 0 Å². The maximum atomic E-state index is 10.8. The molecule has 0 radical (unpaired) electrons. The van der Waals surface area contributed by atoms with Gasteiger partial charge < -0.3 is 9.47 Å². The molecule has 4 heteroatoms. The van der Waals surface area contributed by atoms with Crippen molar-refractivity contribution in [3.8, 4) is 0 Å². The Morgan fingerprint density at radius 1 is 1.46 bits per heavy atom. The number of ether oxygens (including phenoxy) is 2. The second kappa shape index (κ2) is 4.96. The summed E-state index contributed by atoms with van der Waals surface area (Å²) in [5.74, 6) is -0.238. The molecule has 3 atom stereocenters. The van der Waals surface area contributed by atoms with Gasteiger partial charge in [-0.15, -0.1) is 0 Å². The fraction of sp³-hybridized carbons (Fsp3) is 0.889. The summed E-state index contributed by atoms with van der Waals surface area (Å²) in [6.45, 7) is 1.43. The molecule has 76 valence electrons. The second-order valence-electron chi connectivity index (χ2n) is 3.30. The zero-order valence-corrected chi connectivity index (χ0v) is 9.54. The van der Waals surface area contributed by atoms with E-state index in [-0.39, 0.29) is 23.0 Å². The van der Waals surface area contributed by atoms with Crippen LogP contribution in [0.25, 0.3) is 0 Å². The van der Waals surface area contributed by atoms with Crippen LogP contribution in [0.3, 0.4) is 0 Å². The minimum absolute atomic E-state index is 0.0435. The number of methoxy groups -OCH3 is 1. The first-order valence-corrected chi connectivity index (χ1v) is 5.40. The molecule has 0 aromatic heterocycles. The Labute approximate surface area is 86.9 Å². The van der Waals surface area contributed by atoms with Crippen molar-refractivity contribution in [2.45, 2.75) is 43.2 Å². The van der Waals surface area contributed by atoms with E-state index >= 15 is 0 Å². The largest absolute Gasteiger partial charge is 0.459 e. The lowest BCUT2D eigenvalue weighted by Crippen LogP contribution is -2.42. The maximum Gasteiger partial charge on any atom is 0.303 e. The number of esters is 1. The fourth-order valence-corrected chi connectivity index (χ4v) is 2.44. The standard InChI is InChI=1S/C9H15BrO3/c1-6(11)13-9-7(10)4-3-5-8(9)12-2/h7-9H,3-5H2,1-2H3/t7-,8+,9+/m0/s1. The van der Waals surface area contributed by atoms with Crippen molar-refractivity contribution in [2.75, 3.05) is 7.11 Å². The average molecular weight is 251 g/mol. The molecule has 0 N–H and O–H groups in total. The first-order valence-electron chi connectivity index (χ1n) is 4.49. The molecule has 1 fully saturated rings. The van der Waals surface area contributed by atoms with Crippen LogP contribution in [-0.2, 0) is 14.3 Å². The number of carbonyl (C=O) groups excluding carboxylic acids is 1. The van der Waals surface area contributed by atoms with Crippen LogP contribution >= 0.6 is 15.9 Å². The average Bonchev–Trinajstić information content (AvgIpc) is 2.08. The third-order valence-corrected chi connectivity index (χ3v) is 3.28. The van der Waals surface area contributed by atoms with Crippen molar-refractivity contribution in [3.63, 3.8) is 0 Å². The van der Waals surface area contributed by atoms with Gasteiger partial charge in [0.2, 0.25) is 0 Å². The van der Waals surface area contributed by atoms with Crippen LogP contribution in [0.5, 0.6) is 0 Å². The lowest BCUT2D eigenvalue weighted by atomic mass is 9.94. The van der Waals surface area contributed by atoms with Crippen molar-refractivity contribution in [3.05, 3.63) is 0 Å². The summed E-state index contributed by atoms with van der Waals surface area (Å²) in [5, 5.41) is 0. The molecule has 0 heterocycles. The Morgan fingerprint density at radius 2 is 2.15 bits per heavy atom. The van der Waals surface area contributed by atoms with Crippen LogP contribution in [0.1, 0.15) is 26.2 Å². The highest BCUT2D eigenvalue weighted by molar-refractivity contribution is 9.09. The Kier molecular flexibility index (Phi) is 4.19. The van der Waals surface area contributed by atoms with Crippen LogP contribution < -0.4 is 0 Å². The summed E-state index contributed by atoms with van der Waals surface area (Å²) in [6, 6.07) is 0. The van der Waals surface area contributed by atoms with E-state index in [4.69, 9.17) is 9.47 Å². The highest BCUT2D eigenvalue weighted by Crippen LogP contribution is 2.28. The molecule has 0 bridgehead atoms. The number of carbonyl (C=O) groups is 1. The molecule has 3 nitrogen and oxygen atoms in total. The molecule has 0 amide bonds. The van der Waals surface area contributed by atoms with E-state index in [9.17, 15) is 4.79 Å². The number of alkyl halides is 1. The smallest absolute Gasteiger partial charge is 0.303 e. The Balaban J connectivity index is 2.56. The number of hydrogen-bond acceptors (Lipinski definition) is 3. The highest BCUT2D eigenvalue weighted by atomic mass is 79.9. The van der Waals surface area contributed by atoms with Gasteiger partial charge in [0.1, 0.15) is 6.10 Å². The van der Waals surface area contributed by atoms with Crippen LogP contribution in [-0.4, -0.2) is 30.1 Å². The molecule has 0 saturated heterocycles. The van der Waals surface area contributed by atoms with E-state index in [0.717, 1.165) is 19.3 Å². The quantitative estimate of drug-likeness (QED) is 0.555. The third kappa shape index (κ3) is 2.95. The van der Waals surface area contributed by atoms with Crippen LogP contribution in [0.15, 0.2) is 0 Å². The van der Waals surface area contributed by atoms with E-state index in [1.54, 1.807) is 7.11 Å². The molecule has 1 aliphatic rings. The van der Waals surface area contributed by atoms with Crippen molar-refractivity contribution < 1.29 is 14.3 Å². The zero-order valence-electron chi connectivity index (χ0n) is 7.96. The SMILES string of the molecule is CO[C@@H]1CCC[C@H](Br)[C@H]1OC(C)=O. The third-order valence-electron chi connectivity index (χ3n) is 2.30. The molecule has 1 rings (SSSR count). The molecular formula is C9H15BrO3. The molecule has 1 saturated carbocycles. The zero-order chi connectivity index (χ0) is 9.84. The van der Waals surface area contributed by atoms with Gasteiger partial charge in [0.05, 0.1) is 10.9 Å². The lowest BCUT2D eigenvalue weighted by Gasteiger charge is -2.33. The Morgan fingerprint density at radius 3 is 2.69 bits per heavy atom. The molecule has 0 unspecified atom stereocenters. The van der Waals surface area contributed by atoms with Gasteiger partial charge in [-0.2, -0.15) is 0 Å². The molecule has 0 aromatic rings. The fourth-order valence-electron chi connectivity index (χ4n) is 1.67. The summed E-state index contributed by atoms with van der Waals surface area (Å²) in [6.07, 6.45) is 3.04. The number of rotatable bonds is 2. The summed E-state index contributed by atoms with van der Waals surface area (Å²) in [7, 11) is 1.66. The summed E-state index contributed by atoms with van der Waals surface area (Å²) in [4.78, 5) is 11.1. The van der Waals surface area contributed by atoms with Gasteiger partial charge in [-0.1, -0.05) is 15.9 Å². The summed E-state index contributed by atoms with van der Waals surface area (Å²) >= 11 is 3.51. The van der Waals surface area contributed by atoms with Gasteiger partial charge in [-0.05, 0) is 19.3 Å². The molecule has 0 spiro atoms. The van der Waals surface area contributed by atoms with Crippen molar-refractivity contribution in [1.82, 2.24) is 0 Å². The van der Waals surface area contributed by atoms with Gasteiger partial charge >= 0.3 is 5.97 Å². The van der Waals surface area contributed by atoms with Gasteiger partial charge in [-0.3, -0.25) is 4.79 Å². The van der Waals surface area contributed by atoms with E-state index in [2.05, 4.69) is 15.9 Å². The second-order valence-corrected chi connectivity index (χ2v) is 4.47. The molecule has 0 aromatic carbocycles. The van der Waals surface area contributed by atoms with Crippen molar-refractivity contribution in [2.24, 2.45) is 0 Å². The van der Waals surface area contributed by atoms with Crippen LogP contribution in [0.4, 0.5) is 0 Å². The topological polar surface area (TPSA) is 35.5 Å². The number of hydrogen-bond donors (Lipinski definition) is 0. The first kappa shape index (κ1) is 11.0. The molecule has 13 heavy (non-hydrogen) atoms. The minimum Gasteiger partial charge on any atom is -0.459 e. The van der Waals surface area contributed by atoms with Crippen molar-refractivity contribution >= 4 is 21.9 Å². The predicted molar refractivity (Wildman–Crippen MR) is 52.9 cm³/mol. The van der Waals surface area contributed by atoms with Gasteiger partial charge in [0, 0.05) is 14.0 Å². The van der Waals surface area contributed by atoms with Crippen molar-refractivity contribution in [1.29, 1.82) is 0 Å². The molecule has 0 aliphatic heterocycles. The lowest BCUT2D eigenvalue weighted by molar-refractivity contribution is -0.155. The van der Waals surface area contributed by atoms with Gasteiger partial charge in [0.25, 0.3) is 0 Å². The minimum atomic E-state index is -0.238. The Bertz CT molecular complexity index is 184. The van der Waals surface area contributed by atoms with E-state index < -0.39 is 0 Å². The molecule has 1 aliphatic carbocycles. The van der Waals surface area contributed by atoms with Gasteiger partial charge in [-0.25, -0.2) is 0 Å². The van der Waals surface area contributed by atoms with E-state index in [1.165, 1.54) is 6.92 Å². The molecular weight excluding hydrogens is 236 g/mol. The van der Waals surface area contributed by atoms with Crippen LogP contribution in [0.2, 0.25) is 0 Å². The summed E-state index contributed by atoms with van der Waals surface area (Å²) < 4.78 is 10.5. The van der Waals surface area contributed by atoms with E-state index in [0.29, 0.717) is 0 Å². The maximum absolute atomic E-state index is 10.8. The number of halogens is 1. The summed E-state index contributed by atoms with van der Waals surface area (Å²) in [5.41, 5.74) is 0. The highest BCUT2D eigenvalue weighted by Gasteiger charge is 2.34. The van der Waals surface area contributed by atoms with Gasteiger partial charge in [0.15, 0.2) is 0 Å². The monoisotopic (exact) mass is 250 g/mol. The predicted octanol–water partition coefficient (Wildman–Crippen LogP) is 1.88. The Hall–Kier alpha value is -0.0900. The first-order chi connectivity index (χ1) is 6.15. The van der Waals surface area contributed by atoms with Crippen LogP contribution in [0, 0.1) is 0 Å².